The molecule has 1 rings (SSSR count). The lowest BCUT2D eigenvalue weighted by atomic mass is 10.2. The summed E-state index contributed by atoms with van der Waals surface area (Å²) in [5.41, 5.74) is -0.802. The minimum absolute atomic E-state index is 0.0649. The highest BCUT2D eigenvalue weighted by molar-refractivity contribution is 7.94. The zero-order valence-electron chi connectivity index (χ0n) is 14.4. The molecule has 0 heterocycles. The largest absolute Gasteiger partial charge is 0.457 e. The van der Waals surface area contributed by atoms with Crippen LogP contribution >= 0.6 is 0 Å². The van der Waals surface area contributed by atoms with Crippen molar-refractivity contribution in [3.63, 3.8) is 0 Å². The molecule has 0 unspecified atom stereocenters. The molecule has 0 aliphatic carbocycles. The van der Waals surface area contributed by atoms with Gasteiger partial charge in [-0.3, -0.25) is 0 Å². The Morgan fingerprint density at radius 2 is 1.75 bits per heavy atom. The Morgan fingerprint density at radius 3 is 2.29 bits per heavy atom. The summed E-state index contributed by atoms with van der Waals surface area (Å²) in [5.74, 6) is -0.723. The van der Waals surface area contributed by atoms with Crippen LogP contribution in [0.15, 0.2) is 46.2 Å². The second kappa shape index (κ2) is 8.96. The van der Waals surface area contributed by atoms with Crippen molar-refractivity contribution in [1.29, 1.82) is 0 Å². The van der Waals surface area contributed by atoms with E-state index in [-0.39, 0.29) is 23.7 Å². The third-order valence-corrected chi connectivity index (χ3v) is 4.24. The van der Waals surface area contributed by atoms with Crippen LogP contribution in [-0.4, -0.2) is 46.9 Å². The van der Waals surface area contributed by atoms with E-state index in [0.29, 0.717) is 6.61 Å². The Balaban J connectivity index is 3.04. The lowest BCUT2D eigenvalue weighted by molar-refractivity contribution is -0.150. The molecule has 0 aliphatic heterocycles. The molecule has 1 aromatic carbocycles. The molecule has 0 saturated heterocycles. The molecule has 6 nitrogen and oxygen atoms in total. The fraction of sp³-hybridized carbons (Fsp3) is 0.471. The van der Waals surface area contributed by atoms with E-state index in [1.807, 2.05) is 0 Å². The summed E-state index contributed by atoms with van der Waals surface area (Å²) in [6.45, 7) is 5.53. The van der Waals surface area contributed by atoms with E-state index >= 15 is 0 Å². The molecule has 0 N–H and O–H groups in total. The van der Waals surface area contributed by atoms with Crippen molar-refractivity contribution >= 4 is 15.8 Å². The van der Waals surface area contributed by atoms with Gasteiger partial charge in [-0.15, -0.1) is 0 Å². The Morgan fingerprint density at radius 1 is 1.12 bits per heavy atom. The van der Waals surface area contributed by atoms with Gasteiger partial charge in [-0.25, -0.2) is 13.2 Å². The van der Waals surface area contributed by atoms with Crippen molar-refractivity contribution in [2.75, 3.05) is 26.9 Å². The first-order valence-corrected chi connectivity index (χ1v) is 9.01. The van der Waals surface area contributed by atoms with Gasteiger partial charge in [0, 0.05) is 12.5 Å². The molecule has 0 fully saturated rings. The highest BCUT2D eigenvalue weighted by Gasteiger charge is 2.23. The van der Waals surface area contributed by atoms with E-state index < -0.39 is 21.4 Å². The van der Waals surface area contributed by atoms with Crippen LogP contribution in [0.5, 0.6) is 0 Å². The maximum atomic E-state index is 12.4. The van der Waals surface area contributed by atoms with Crippen molar-refractivity contribution in [2.45, 2.75) is 31.3 Å². The zero-order chi connectivity index (χ0) is 18.2. The molecule has 0 spiro atoms. The van der Waals surface area contributed by atoms with Crippen molar-refractivity contribution < 1.29 is 27.4 Å². The zero-order valence-corrected chi connectivity index (χ0v) is 15.3. The molecule has 134 valence electrons. The average Bonchev–Trinajstić information content (AvgIpc) is 2.49. The summed E-state index contributed by atoms with van der Waals surface area (Å²) in [6, 6.07) is 7.87. The van der Waals surface area contributed by atoms with Crippen LogP contribution in [0.2, 0.25) is 0 Å². The second-order valence-electron chi connectivity index (χ2n) is 6.05. The summed E-state index contributed by atoms with van der Waals surface area (Å²) in [5, 5.41) is 0.906. The van der Waals surface area contributed by atoms with Crippen LogP contribution in [0.4, 0.5) is 0 Å². The Kier molecular flexibility index (Phi) is 7.59. The quantitative estimate of drug-likeness (QED) is 0.404. The molecule has 0 aromatic heterocycles. The number of hydrogen-bond acceptors (Lipinski definition) is 6. The van der Waals surface area contributed by atoms with E-state index in [9.17, 15) is 13.2 Å². The molecule has 24 heavy (non-hydrogen) atoms. The molecular weight excluding hydrogens is 332 g/mol. The fourth-order valence-corrected chi connectivity index (χ4v) is 2.89. The van der Waals surface area contributed by atoms with E-state index in [1.165, 1.54) is 19.2 Å². The molecule has 0 radical (unpaired) electrons. The molecule has 0 atom stereocenters. The smallest absolute Gasteiger partial charge is 0.337 e. The first-order valence-electron chi connectivity index (χ1n) is 7.46. The topological polar surface area (TPSA) is 78.9 Å². The van der Waals surface area contributed by atoms with Gasteiger partial charge in [0.2, 0.25) is 0 Å². The van der Waals surface area contributed by atoms with Crippen LogP contribution in [-0.2, 0) is 28.8 Å². The third-order valence-electron chi connectivity index (χ3n) is 2.72. The van der Waals surface area contributed by atoms with Gasteiger partial charge < -0.3 is 14.2 Å². The molecular formula is C17H24O6S. The molecule has 0 bridgehead atoms. The first-order chi connectivity index (χ1) is 11.2. The summed E-state index contributed by atoms with van der Waals surface area (Å²) in [7, 11) is -2.26. The Labute approximate surface area is 143 Å². The highest BCUT2D eigenvalue weighted by Crippen LogP contribution is 2.17. The number of carbonyl (C=O) groups excluding carboxylic acids is 1. The number of methoxy groups -OCH3 is 1. The van der Waals surface area contributed by atoms with Gasteiger partial charge in [-0.05, 0) is 32.9 Å². The number of rotatable bonds is 8. The van der Waals surface area contributed by atoms with Crippen molar-refractivity contribution in [3.8, 4) is 0 Å². The molecule has 7 heteroatoms. The van der Waals surface area contributed by atoms with E-state index in [2.05, 4.69) is 0 Å². The molecule has 0 amide bonds. The summed E-state index contributed by atoms with van der Waals surface area (Å²) in [4.78, 5) is 12.4. The van der Waals surface area contributed by atoms with E-state index in [0.717, 1.165) is 5.41 Å². The van der Waals surface area contributed by atoms with Gasteiger partial charge >= 0.3 is 5.97 Å². The SMILES string of the molecule is COCCOC/C(=C/S(=O)(=O)c1ccccc1)C(=O)OC(C)(C)C. The minimum Gasteiger partial charge on any atom is -0.457 e. The summed E-state index contributed by atoms with van der Waals surface area (Å²) >= 11 is 0. The monoisotopic (exact) mass is 356 g/mol. The standard InChI is InChI=1S/C17H24O6S/c1-17(2,3)23-16(18)14(12-22-11-10-21-4)13-24(19,20)15-8-6-5-7-9-15/h5-9,13H,10-12H2,1-4H3/b14-13-. The lowest BCUT2D eigenvalue weighted by Gasteiger charge is -2.20. The number of hydrogen-bond donors (Lipinski definition) is 0. The maximum Gasteiger partial charge on any atom is 0.337 e. The summed E-state index contributed by atoms with van der Waals surface area (Å²) < 4.78 is 40.3. The van der Waals surface area contributed by atoms with E-state index in [4.69, 9.17) is 14.2 Å². The van der Waals surface area contributed by atoms with Crippen LogP contribution in [0.3, 0.4) is 0 Å². The van der Waals surface area contributed by atoms with Crippen molar-refractivity contribution in [1.82, 2.24) is 0 Å². The van der Waals surface area contributed by atoms with Gasteiger partial charge in [-0.2, -0.15) is 0 Å². The average molecular weight is 356 g/mol. The van der Waals surface area contributed by atoms with Gasteiger partial charge in [0.05, 0.1) is 30.3 Å². The van der Waals surface area contributed by atoms with Crippen LogP contribution in [0, 0.1) is 0 Å². The maximum absolute atomic E-state index is 12.4. The van der Waals surface area contributed by atoms with Crippen LogP contribution in [0.25, 0.3) is 0 Å². The van der Waals surface area contributed by atoms with Gasteiger partial charge in [-0.1, -0.05) is 18.2 Å². The summed E-state index contributed by atoms with van der Waals surface area (Å²) in [6.07, 6.45) is 0. The fourth-order valence-electron chi connectivity index (χ4n) is 1.67. The minimum atomic E-state index is -3.78. The van der Waals surface area contributed by atoms with Crippen LogP contribution in [0.1, 0.15) is 20.8 Å². The van der Waals surface area contributed by atoms with Crippen molar-refractivity contribution in [3.05, 3.63) is 41.3 Å². The highest BCUT2D eigenvalue weighted by atomic mass is 32.2. The molecule has 1 aromatic rings. The Hall–Kier alpha value is -1.70. The first kappa shape index (κ1) is 20.3. The second-order valence-corrected chi connectivity index (χ2v) is 7.85. The number of carbonyl (C=O) groups is 1. The molecule has 0 saturated carbocycles. The van der Waals surface area contributed by atoms with Crippen molar-refractivity contribution in [2.24, 2.45) is 0 Å². The normalized spacial score (nSPS) is 12.9. The number of esters is 1. The van der Waals surface area contributed by atoms with Gasteiger partial charge in [0.1, 0.15) is 5.60 Å². The number of benzene rings is 1. The predicted molar refractivity (Wildman–Crippen MR) is 90.3 cm³/mol. The van der Waals surface area contributed by atoms with E-state index in [1.54, 1.807) is 39.0 Å². The lowest BCUT2D eigenvalue weighted by Crippen LogP contribution is -2.26. The van der Waals surface area contributed by atoms with Crippen LogP contribution < -0.4 is 0 Å². The third kappa shape index (κ3) is 7.25. The number of ether oxygens (including phenoxy) is 3. The van der Waals surface area contributed by atoms with Gasteiger partial charge in [0.25, 0.3) is 0 Å². The molecule has 0 aliphatic rings. The number of sulfone groups is 1. The predicted octanol–water partition coefficient (Wildman–Crippen LogP) is 2.35. The Bertz CT molecular complexity index is 656. The van der Waals surface area contributed by atoms with Gasteiger partial charge in [0.15, 0.2) is 9.84 Å².